The first-order chi connectivity index (χ1) is 10.1. The van der Waals surface area contributed by atoms with Gasteiger partial charge in [-0.3, -0.25) is 5.41 Å². The van der Waals surface area contributed by atoms with Gasteiger partial charge in [-0.1, -0.05) is 13.0 Å². The Morgan fingerprint density at radius 3 is 2.76 bits per heavy atom. The second-order valence-electron chi connectivity index (χ2n) is 4.43. The molecule has 1 heterocycles. The second-order valence-corrected chi connectivity index (χ2v) is 5.51. The topological polar surface area (TPSA) is 81.2 Å². The molecule has 0 bridgehead atoms. The fourth-order valence-electron chi connectivity index (χ4n) is 1.90. The van der Waals surface area contributed by atoms with E-state index in [2.05, 4.69) is 4.98 Å². The third-order valence-electron chi connectivity index (χ3n) is 2.95. The van der Waals surface area contributed by atoms with E-state index in [0.29, 0.717) is 13.0 Å². The van der Waals surface area contributed by atoms with Gasteiger partial charge < -0.3 is 15.2 Å². The van der Waals surface area contributed by atoms with Crippen molar-refractivity contribution in [3.05, 3.63) is 39.8 Å². The zero-order valence-electron chi connectivity index (χ0n) is 12.2. The molecule has 0 spiro atoms. The molecule has 112 valence electrons. The normalized spacial score (nSPS) is 10.4. The molecule has 0 unspecified atom stereocenters. The van der Waals surface area contributed by atoms with Gasteiger partial charge in [-0.15, -0.1) is 11.3 Å². The number of benzene rings is 1. The van der Waals surface area contributed by atoms with Crippen LogP contribution in [0.2, 0.25) is 0 Å². The minimum atomic E-state index is 0.0873. The van der Waals surface area contributed by atoms with Crippen molar-refractivity contribution in [2.75, 3.05) is 13.7 Å². The van der Waals surface area contributed by atoms with Crippen molar-refractivity contribution in [1.29, 1.82) is 5.41 Å². The Bertz CT molecular complexity index is 625. The Morgan fingerprint density at radius 1 is 1.38 bits per heavy atom. The number of nitrogens with zero attached hydrogens (tertiary/aromatic N) is 1. The highest BCUT2D eigenvalue weighted by Gasteiger charge is 2.12. The van der Waals surface area contributed by atoms with Crippen LogP contribution in [-0.4, -0.2) is 24.5 Å². The van der Waals surface area contributed by atoms with Gasteiger partial charge >= 0.3 is 0 Å². The zero-order valence-corrected chi connectivity index (χ0v) is 13.0. The molecule has 0 saturated carbocycles. The number of aryl methyl sites for hydroxylation is 1. The average Bonchev–Trinajstić information content (AvgIpc) is 2.91. The molecule has 0 atom stereocenters. The summed E-state index contributed by atoms with van der Waals surface area (Å²) in [4.78, 5) is 5.28. The van der Waals surface area contributed by atoms with Gasteiger partial charge in [0.05, 0.1) is 29.3 Å². The molecule has 3 N–H and O–H groups in total. The van der Waals surface area contributed by atoms with Crippen LogP contribution in [0.15, 0.2) is 24.3 Å². The maximum absolute atomic E-state index is 7.55. The third kappa shape index (κ3) is 3.95. The van der Waals surface area contributed by atoms with Crippen molar-refractivity contribution in [1.82, 2.24) is 4.98 Å². The largest absolute Gasteiger partial charge is 0.497 e. The van der Waals surface area contributed by atoms with Crippen molar-refractivity contribution >= 4 is 17.2 Å². The average molecular weight is 305 g/mol. The van der Waals surface area contributed by atoms with Gasteiger partial charge in [0.1, 0.15) is 17.3 Å². The van der Waals surface area contributed by atoms with E-state index in [1.165, 1.54) is 11.3 Å². The number of ether oxygens (including phenoxy) is 2. The van der Waals surface area contributed by atoms with E-state index in [1.54, 1.807) is 7.11 Å². The van der Waals surface area contributed by atoms with Crippen molar-refractivity contribution in [2.45, 2.75) is 19.8 Å². The lowest BCUT2D eigenvalue weighted by atomic mass is 10.3. The van der Waals surface area contributed by atoms with Crippen LogP contribution in [-0.2, 0) is 12.8 Å². The molecule has 0 aliphatic heterocycles. The molecule has 0 aliphatic carbocycles. The van der Waals surface area contributed by atoms with Crippen molar-refractivity contribution in [2.24, 2.45) is 5.73 Å². The maximum atomic E-state index is 7.55. The molecule has 1 aromatic carbocycles. The number of hydrogen-bond donors (Lipinski definition) is 2. The van der Waals surface area contributed by atoms with Crippen LogP contribution in [0.1, 0.15) is 22.5 Å². The number of methoxy groups -OCH3 is 1. The lowest BCUT2D eigenvalue weighted by Crippen LogP contribution is -2.11. The molecule has 21 heavy (non-hydrogen) atoms. The summed E-state index contributed by atoms with van der Waals surface area (Å²) in [6.45, 7) is 2.54. The summed E-state index contributed by atoms with van der Waals surface area (Å²) in [5.74, 6) is 1.63. The molecule has 5 nitrogen and oxygen atoms in total. The fraction of sp³-hybridized carbons (Fsp3) is 0.333. The lowest BCUT2D eigenvalue weighted by Gasteiger charge is -2.06. The van der Waals surface area contributed by atoms with Crippen LogP contribution in [0.3, 0.4) is 0 Å². The minimum absolute atomic E-state index is 0.0873. The number of nitrogens with one attached hydrogen (secondary N) is 1. The predicted molar refractivity (Wildman–Crippen MR) is 84.7 cm³/mol. The number of nitrogens with two attached hydrogens (primary N) is 1. The zero-order chi connectivity index (χ0) is 15.2. The van der Waals surface area contributed by atoms with Gasteiger partial charge in [0.15, 0.2) is 0 Å². The van der Waals surface area contributed by atoms with Crippen LogP contribution in [0.4, 0.5) is 0 Å². The Balaban J connectivity index is 1.95. The number of rotatable bonds is 7. The van der Waals surface area contributed by atoms with E-state index in [9.17, 15) is 0 Å². The summed E-state index contributed by atoms with van der Waals surface area (Å²) in [5, 5.41) is 8.50. The molecule has 0 amide bonds. The predicted octanol–water partition coefficient (Wildman–Crippen LogP) is 2.62. The van der Waals surface area contributed by atoms with Crippen molar-refractivity contribution in [3.8, 4) is 11.5 Å². The Hall–Kier alpha value is -2.08. The number of aromatic nitrogens is 1. The van der Waals surface area contributed by atoms with E-state index in [4.69, 9.17) is 20.6 Å². The number of nitrogen functional groups attached to an aromatic ring is 1. The first-order valence-corrected chi connectivity index (χ1v) is 7.55. The lowest BCUT2D eigenvalue weighted by molar-refractivity contribution is 0.318. The van der Waals surface area contributed by atoms with E-state index in [1.807, 2.05) is 31.2 Å². The Morgan fingerprint density at radius 2 is 2.14 bits per heavy atom. The summed E-state index contributed by atoms with van der Waals surface area (Å²) < 4.78 is 10.8. The van der Waals surface area contributed by atoms with Gasteiger partial charge in [0.25, 0.3) is 0 Å². The summed E-state index contributed by atoms with van der Waals surface area (Å²) >= 11 is 1.47. The van der Waals surface area contributed by atoms with E-state index in [-0.39, 0.29) is 5.84 Å². The molecular formula is C15H19N3O2S. The van der Waals surface area contributed by atoms with Crippen LogP contribution in [0.5, 0.6) is 11.5 Å². The van der Waals surface area contributed by atoms with E-state index >= 15 is 0 Å². The van der Waals surface area contributed by atoms with Gasteiger partial charge in [0, 0.05) is 12.5 Å². The highest BCUT2D eigenvalue weighted by molar-refractivity contribution is 7.13. The van der Waals surface area contributed by atoms with Gasteiger partial charge in [-0.05, 0) is 18.6 Å². The fourth-order valence-corrected chi connectivity index (χ4v) is 2.90. The highest BCUT2D eigenvalue weighted by Crippen LogP contribution is 2.21. The maximum Gasteiger partial charge on any atom is 0.135 e. The van der Waals surface area contributed by atoms with Crippen LogP contribution in [0.25, 0.3) is 0 Å². The van der Waals surface area contributed by atoms with Crippen molar-refractivity contribution in [3.63, 3.8) is 0 Å². The Kier molecular flexibility index (Phi) is 5.16. The van der Waals surface area contributed by atoms with Gasteiger partial charge in [0.2, 0.25) is 0 Å². The van der Waals surface area contributed by atoms with Crippen LogP contribution >= 0.6 is 11.3 Å². The molecule has 2 rings (SSSR count). The third-order valence-corrected chi connectivity index (χ3v) is 4.14. The highest BCUT2D eigenvalue weighted by atomic mass is 32.1. The van der Waals surface area contributed by atoms with Gasteiger partial charge in [-0.25, -0.2) is 4.98 Å². The summed E-state index contributed by atoms with van der Waals surface area (Å²) in [5.41, 5.74) is 6.46. The summed E-state index contributed by atoms with van der Waals surface area (Å²) in [6, 6.07) is 7.50. The number of hydrogen-bond acceptors (Lipinski definition) is 5. The van der Waals surface area contributed by atoms with E-state index in [0.717, 1.165) is 33.5 Å². The molecule has 0 fully saturated rings. The summed E-state index contributed by atoms with van der Waals surface area (Å²) in [6.07, 6.45) is 1.48. The second kappa shape index (κ2) is 7.08. The van der Waals surface area contributed by atoms with Crippen LogP contribution in [0, 0.1) is 5.41 Å². The van der Waals surface area contributed by atoms with Crippen molar-refractivity contribution < 1.29 is 9.47 Å². The molecule has 2 aromatic rings. The summed E-state index contributed by atoms with van der Waals surface area (Å²) in [7, 11) is 1.63. The smallest absolute Gasteiger partial charge is 0.135 e. The number of amidine groups is 1. The van der Waals surface area contributed by atoms with Crippen LogP contribution < -0.4 is 15.2 Å². The quantitative estimate of drug-likeness (QED) is 0.608. The van der Waals surface area contributed by atoms with E-state index < -0.39 is 0 Å². The SMILES string of the molecule is CCc1nc(CCOc2cccc(OC)c2)sc1C(=N)N. The molecule has 0 aliphatic rings. The first kappa shape index (κ1) is 15.3. The minimum Gasteiger partial charge on any atom is -0.497 e. The molecule has 0 saturated heterocycles. The Labute approximate surface area is 128 Å². The standard InChI is InChI=1S/C15H19N3O2S/c1-3-12-14(15(16)17)21-13(18-12)7-8-20-11-6-4-5-10(9-11)19-2/h4-6,9H,3,7-8H2,1-2H3,(H3,16,17). The molecular weight excluding hydrogens is 286 g/mol. The molecule has 0 radical (unpaired) electrons. The molecule has 6 heteroatoms. The monoisotopic (exact) mass is 305 g/mol. The number of thiazole rings is 1. The molecule has 1 aromatic heterocycles. The van der Waals surface area contributed by atoms with Gasteiger partial charge in [-0.2, -0.15) is 0 Å². The first-order valence-electron chi connectivity index (χ1n) is 6.73.